The van der Waals surface area contributed by atoms with Crippen LogP contribution in [0.25, 0.3) is 11.3 Å². The number of amides is 2. The van der Waals surface area contributed by atoms with E-state index in [1.807, 2.05) is 12.1 Å². The highest BCUT2D eigenvalue weighted by Gasteiger charge is 2.16. The lowest BCUT2D eigenvalue weighted by molar-refractivity contribution is -0.384. The second kappa shape index (κ2) is 14.7. The minimum absolute atomic E-state index is 0.0361. The number of ether oxygens (including phenoxy) is 1. The Morgan fingerprint density at radius 1 is 1.02 bits per heavy atom. The summed E-state index contributed by atoms with van der Waals surface area (Å²) in [6.07, 6.45) is 0.918. The van der Waals surface area contributed by atoms with Gasteiger partial charge in [-0.05, 0) is 42.0 Å². The molecule has 4 N–H and O–H groups in total. The number of furan rings is 1. The molecule has 212 valence electrons. The summed E-state index contributed by atoms with van der Waals surface area (Å²) >= 11 is 0. The molecule has 13 nitrogen and oxygen atoms in total. The minimum Gasteiger partial charge on any atom is -0.464 e. The number of nitrogens with one attached hydrogen (secondary N) is 4. The molecule has 2 aromatic heterocycles. The highest BCUT2D eigenvalue weighted by molar-refractivity contribution is 5.93. The van der Waals surface area contributed by atoms with E-state index >= 15 is 0 Å². The van der Waals surface area contributed by atoms with Crippen LogP contribution in [-0.2, 0) is 17.9 Å². The van der Waals surface area contributed by atoms with Crippen molar-refractivity contribution in [2.75, 3.05) is 52.4 Å². The van der Waals surface area contributed by atoms with Crippen molar-refractivity contribution in [2.24, 2.45) is 0 Å². The Labute approximate surface area is 231 Å². The average molecular weight is 552 g/mol. The summed E-state index contributed by atoms with van der Waals surface area (Å²) in [7, 11) is 0. The highest BCUT2D eigenvalue weighted by atomic mass is 16.6. The maximum absolute atomic E-state index is 13.0. The number of aromatic nitrogens is 1. The summed E-state index contributed by atoms with van der Waals surface area (Å²) < 4.78 is 10.7. The summed E-state index contributed by atoms with van der Waals surface area (Å²) in [6, 6.07) is 13.0. The normalized spacial score (nSPS) is 14.4. The molecule has 0 bridgehead atoms. The molecule has 0 aliphatic carbocycles. The molecule has 3 aromatic rings. The van der Waals surface area contributed by atoms with Gasteiger partial charge in [0.15, 0.2) is 0 Å². The molecule has 1 aromatic carbocycles. The van der Waals surface area contributed by atoms with Crippen LogP contribution in [0.2, 0.25) is 0 Å². The number of pyridine rings is 1. The Morgan fingerprint density at radius 3 is 2.42 bits per heavy atom. The predicted molar refractivity (Wildman–Crippen MR) is 147 cm³/mol. The number of hydrogen-bond acceptors (Lipinski definition) is 10. The van der Waals surface area contributed by atoms with Crippen molar-refractivity contribution in [3.8, 4) is 11.3 Å². The van der Waals surface area contributed by atoms with Gasteiger partial charge in [-0.1, -0.05) is 0 Å². The molecule has 0 spiro atoms. The van der Waals surface area contributed by atoms with Crippen LogP contribution in [0.3, 0.4) is 0 Å². The summed E-state index contributed by atoms with van der Waals surface area (Å²) in [4.78, 5) is 42.1. The molecular weight excluding hydrogens is 518 g/mol. The third-order valence-electron chi connectivity index (χ3n) is 6.19. The van der Waals surface area contributed by atoms with Crippen molar-refractivity contribution in [3.05, 3.63) is 81.9 Å². The Balaban J connectivity index is 1.29. The van der Waals surface area contributed by atoms with Crippen LogP contribution in [0.15, 0.2) is 59.2 Å². The lowest BCUT2D eigenvalue weighted by atomic mass is 10.1. The molecular formula is C27H33N7O6. The Hall–Kier alpha value is -4.33. The number of benzene rings is 1. The molecule has 4 rings (SSSR count). The number of alkyl carbamates (subject to hydrolysis) is 1. The predicted octanol–water partition coefficient (Wildman–Crippen LogP) is 1.90. The van der Waals surface area contributed by atoms with E-state index in [1.54, 1.807) is 18.4 Å². The zero-order valence-corrected chi connectivity index (χ0v) is 22.1. The molecule has 1 aliphatic heterocycles. The monoisotopic (exact) mass is 551 g/mol. The first-order valence-corrected chi connectivity index (χ1v) is 13.1. The quantitative estimate of drug-likeness (QED) is 0.166. The first-order chi connectivity index (χ1) is 19.5. The summed E-state index contributed by atoms with van der Waals surface area (Å²) in [6.45, 7) is 6.18. The Kier molecular flexibility index (Phi) is 10.6. The number of nitrogens with zero attached hydrogens (tertiary/aromatic N) is 3. The van der Waals surface area contributed by atoms with Crippen molar-refractivity contribution >= 4 is 17.7 Å². The lowest BCUT2D eigenvalue weighted by Crippen LogP contribution is -2.36. The van der Waals surface area contributed by atoms with Crippen LogP contribution in [0, 0.1) is 10.1 Å². The number of nitro benzene ring substituents is 1. The Morgan fingerprint density at radius 2 is 1.75 bits per heavy atom. The van der Waals surface area contributed by atoms with E-state index in [-0.39, 0.29) is 37.0 Å². The van der Waals surface area contributed by atoms with Gasteiger partial charge in [0.2, 0.25) is 0 Å². The molecule has 0 unspecified atom stereocenters. The minimum atomic E-state index is -0.666. The first-order valence-electron chi connectivity index (χ1n) is 13.1. The SMILES string of the molecule is O=C(NCCNC(=O)c1cc(-c2ccco2)cc(CN2CCNCCNCC2)n1)OCc1ccc([N+](=O)[O-])cc1. The largest absolute Gasteiger partial charge is 0.464 e. The maximum atomic E-state index is 13.0. The molecule has 0 radical (unpaired) electrons. The molecule has 1 saturated heterocycles. The summed E-state index contributed by atoms with van der Waals surface area (Å²) in [5, 5.41) is 22.9. The van der Waals surface area contributed by atoms with Gasteiger partial charge in [0.1, 0.15) is 18.1 Å². The number of nitro groups is 1. The fourth-order valence-corrected chi connectivity index (χ4v) is 4.12. The maximum Gasteiger partial charge on any atom is 0.407 e. The molecule has 1 aliphatic rings. The second-order valence-corrected chi connectivity index (χ2v) is 9.17. The number of non-ortho nitro benzene ring substituents is 1. The van der Waals surface area contributed by atoms with E-state index in [0.717, 1.165) is 50.5 Å². The molecule has 1 fully saturated rings. The van der Waals surface area contributed by atoms with E-state index in [4.69, 9.17) is 9.15 Å². The molecule has 2 amide bonds. The fourth-order valence-electron chi connectivity index (χ4n) is 4.12. The third-order valence-corrected chi connectivity index (χ3v) is 6.19. The highest BCUT2D eigenvalue weighted by Crippen LogP contribution is 2.22. The number of carbonyl (C=O) groups excluding carboxylic acids is 2. The van der Waals surface area contributed by atoms with Crippen molar-refractivity contribution in [3.63, 3.8) is 0 Å². The van der Waals surface area contributed by atoms with Gasteiger partial charge in [0.25, 0.3) is 11.6 Å². The van der Waals surface area contributed by atoms with Gasteiger partial charge in [-0.2, -0.15) is 0 Å². The number of rotatable bonds is 10. The lowest BCUT2D eigenvalue weighted by Gasteiger charge is -2.21. The number of carbonyl (C=O) groups is 2. The van der Waals surface area contributed by atoms with Gasteiger partial charge < -0.3 is 30.4 Å². The molecule has 0 saturated carbocycles. The summed E-state index contributed by atoms with van der Waals surface area (Å²) in [5.74, 6) is 0.270. The van der Waals surface area contributed by atoms with Gasteiger partial charge in [-0.25, -0.2) is 9.78 Å². The Bertz CT molecular complexity index is 1260. The van der Waals surface area contributed by atoms with Crippen LogP contribution < -0.4 is 21.3 Å². The van der Waals surface area contributed by atoms with Gasteiger partial charge in [0.05, 0.1) is 16.9 Å². The van der Waals surface area contributed by atoms with Crippen molar-refractivity contribution in [1.29, 1.82) is 0 Å². The fraction of sp³-hybridized carbons (Fsp3) is 0.370. The standard InChI is InChI=1S/C27H33N7O6/c35-26(30-9-10-31-27(36)40-19-20-3-5-23(6-4-20)34(37)38)24-17-21(25-2-1-15-39-25)16-22(32-24)18-33-13-11-28-7-8-29-12-14-33/h1-6,15-17,28-29H,7-14,18-19H2,(H,30,35)(H,31,36). The zero-order valence-electron chi connectivity index (χ0n) is 22.1. The van der Waals surface area contributed by atoms with Crippen molar-refractivity contribution < 1.29 is 23.7 Å². The summed E-state index contributed by atoms with van der Waals surface area (Å²) in [5.41, 5.74) is 2.35. The third kappa shape index (κ3) is 8.86. The van der Waals surface area contributed by atoms with E-state index in [1.165, 1.54) is 24.3 Å². The van der Waals surface area contributed by atoms with Gasteiger partial charge in [-0.15, -0.1) is 0 Å². The topological polar surface area (TPSA) is 164 Å². The van der Waals surface area contributed by atoms with Crippen LogP contribution in [0.1, 0.15) is 21.7 Å². The van der Waals surface area contributed by atoms with Gasteiger partial charge >= 0.3 is 6.09 Å². The second-order valence-electron chi connectivity index (χ2n) is 9.17. The average Bonchev–Trinajstić information content (AvgIpc) is 3.53. The van der Waals surface area contributed by atoms with Crippen LogP contribution in [-0.4, -0.2) is 79.2 Å². The van der Waals surface area contributed by atoms with E-state index < -0.39 is 11.0 Å². The zero-order chi connectivity index (χ0) is 28.2. The molecule has 13 heteroatoms. The van der Waals surface area contributed by atoms with Crippen LogP contribution in [0.5, 0.6) is 0 Å². The molecule has 40 heavy (non-hydrogen) atoms. The van der Waals surface area contributed by atoms with Gasteiger partial charge in [0, 0.05) is 76.6 Å². The van der Waals surface area contributed by atoms with Crippen LogP contribution in [0.4, 0.5) is 10.5 Å². The number of hydrogen-bond donors (Lipinski definition) is 4. The van der Waals surface area contributed by atoms with Gasteiger partial charge in [-0.3, -0.25) is 19.8 Å². The molecule has 0 atom stereocenters. The smallest absolute Gasteiger partial charge is 0.407 e. The van der Waals surface area contributed by atoms with Crippen molar-refractivity contribution in [1.82, 2.24) is 31.2 Å². The van der Waals surface area contributed by atoms with Crippen molar-refractivity contribution in [2.45, 2.75) is 13.2 Å². The van der Waals surface area contributed by atoms with E-state index in [2.05, 4.69) is 31.2 Å². The van der Waals surface area contributed by atoms with E-state index in [0.29, 0.717) is 17.9 Å². The van der Waals surface area contributed by atoms with E-state index in [9.17, 15) is 19.7 Å². The molecule has 3 heterocycles. The first kappa shape index (κ1) is 28.7. The van der Waals surface area contributed by atoms with Crippen LogP contribution >= 0.6 is 0 Å².